The van der Waals surface area contributed by atoms with Crippen molar-refractivity contribution in [3.05, 3.63) is 11.1 Å². The summed E-state index contributed by atoms with van der Waals surface area (Å²) in [4.78, 5) is 14.6. The maximum Gasteiger partial charge on any atom is 0.222 e. The Balaban J connectivity index is 1.26. The van der Waals surface area contributed by atoms with Crippen molar-refractivity contribution in [1.29, 1.82) is 0 Å². The smallest absolute Gasteiger partial charge is 0.222 e. The van der Waals surface area contributed by atoms with Crippen molar-refractivity contribution in [2.75, 3.05) is 26.4 Å². The van der Waals surface area contributed by atoms with E-state index in [1.165, 1.54) is 37.5 Å². The molecule has 5 fully saturated rings. The van der Waals surface area contributed by atoms with Gasteiger partial charge in [-0.1, -0.05) is 25.0 Å². The van der Waals surface area contributed by atoms with Crippen molar-refractivity contribution < 1.29 is 17.9 Å². The molecule has 0 aromatic rings. The van der Waals surface area contributed by atoms with Gasteiger partial charge in [-0.2, -0.15) is 4.31 Å². The van der Waals surface area contributed by atoms with Gasteiger partial charge in [-0.25, -0.2) is 8.42 Å². The number of piperidine rings is 1. The van der Waals surface area contributed by atoms with Crippen LogP contribution in [0.15, 0.2) is 11.1 Å². The van der Waals surface area contributed by atoms with Crippen LogP contribution in [-0.2, 0) is 19.6 Å². The predicted molar refractivity (Wildman–Crippen MR) is 141 cm³/mol. The van der Waals surface area contributed by atoms with E-state index in [1.54, 1.807) is 9.88 Å². The maximum atomic E-state index is 12.6. The van der Waals surface area contributed by atoms with Gasteiger partial charge in [0.15, 0.2) is 0 Å². The zero-order valence-electron chi connectivity index (χ0n) is 23.0. The number of hydrogen-bond acceptors (Lipinski definition) is 4. The van der Waals surface area contributed by atoms with E-state index < -0.39 is 10.0 Å². The quantitative estimate of drug-likeness (QED) is 0.476. The van der Waals surface area contributed by atoms with Gasteiger partial charge in [0, 0.05) is 26.6 Å². The van der Waals surface area contributed by atoms with Gasteiger partial charge >= 0.3 is 0 Å². The Morgan fingerprint density at radius 1 is 1.11 bits per heavy atom. The van der Waals surface area contributed by atoms with Gasteiger partial charge in [0.05, 0.1) is 24.0 Å². The molecule has 0 aromatic heterocycles. The molecule has 0 aromatic carbocycles. The van der Waals surface area contributed by atoms with E-state index in [-0.39, 0.29) is 23.2 Å². The minimum Gasteiger partial charge on any atom is -0.370 e. The van der Waals surface area contributed by atoms with Gasteiger partial charge in [-0.05, 0) is 99.7 Å². The van der Waals surface area contributed by atoms with Crippen molar-refractivity contribution in [1.82, 2.24) is 9.21 Å². The molecule has 0 bridgehead atoms. The van der Waals surface area contributed by atoms with Gasteiger partial charge in [-0.3, -0.25) is 4.79 Å². The fraction of sp³-hybridized carbons (Fsp3) is 0.897. The third-order valence-electron chi connectivity index (χ3n) is 11.7. The number of likely N-dealkylation sites (tertiary alicyclic amines) is 1. The summed E-state index contributed by atoms with van der Waals surface area (Å²) in [6.45, 7) is 8.57. The monoisotopic (exact) mass is 518 g/mol. The molecule has 0 unspecified atom stereocenters. The molecule has 3 heterocycles. The molecule has 7 heteroatoms. The van der Waals surface area contributed by atoms with Gasteiger partial charge in [-0.15, -0.1) is 0 Å². The Bertz CT molecular complexity index is 1070. The lowest BCUT2D eigenvalue weighted by Gasteiger charge is -2.49. The van der Waals surface area contributed by atoms with Gasteiger partial charge < -0.3 is 9.64 Å². The summed E-state index contributed by atoms with van der Waals surface area (Å²) in [6.07, 6.45) is 11.8. The minimum atomic E-state index is -3.24. The highest BCUT2D eigenvalue weighted by Crippen LogP contribution is 2.63. The Kier molecular flexibility index (Phi) is 6.02. The first-order valence-corrected chi connectivity index (χ1v) is 16.3. The van der Waals surface area contributed by atoms with Gasteiger partial charge in [0.1, 0.15) is 0 Å². The van der Waals surface area contributed by atoms with Crippen LogP contribution in [0, 0.1) is 35.0 Å². The molecule has 6 aliphatic rings. The molecular formula is C29H46N2O4S. The lowest BCUT2D eigenvalue weighted by Crippen LogP contribution is -2.51. The molecule has 2 saturated carbocycles. The summed E-state index contributed by atoms with van der Waals surface area (Å²) < 4.78 is 33.9. The number of hydrogen-bond donors (Lipinski definition) is 0. The third-order valence-corrected chi connectivity index (χ3v) is 13.0. The molecule has 3 saturated heterocycles. The van der Waals surface area contributed by atoms with Crippen LogP contribution >= 0.6 is 0 Å². The first kappa shape index (κ1) is 25.4. The van der Waals surface area contributed by atoms with E-state index in [0.29, 0.717) is 42.5 Å². The number of fused-ring (bicyclic) bond motifs is 6. The fourth-order valence-electron chi connectivity index (χ4n) is 9.92. The highest BCUT2D eigenvalue weighted by atomic mass is 32.2. The predicted octanol–water partition coefficient (Wildman–Crippen LogP) is 4.61. The van der Waals surface area contributed by atoms with Crippen LogP contribution in [0.1, 0.15) is 85.0 Å². The Labute approximate surface area is 218 Å². The van der Waals surface area contributed by atoms with Crippen LogP contribution < -0.4 is 0 Å². The van der Waals surface area contributed by atoms with Crippen molar-refractivity contribution >= 4 is 15.9 Å². The van der Waals surface area contributed by atoms with Crippen LogP contribution in [0.4, 0.5) is 0 Å². The van der Waals surface area contributed by atoms with Crippen molar-refractivity contribution in [3.63, 3.8) is 0 Å². The molecule has 36 heavy (non-hydrogen) atoms. The SMILES string of the molecule is CC1=C2C[C@H]3[C@@H](CC[C@@H]4CN(C)C(=O)CC[C@@]43C)[C@@H]2CC[C@]2(C1)C[C@H]1[C@@H](C[C@H](C)CN1S(C)(=O)=O)O2. The van der Waals surface area contributed by atoms with Gasteiger partial charge in [0.25, 0.3) is 0 Å². The Hall–Kier alpha value is -0.920. The number of nitrogens with zero attached hydrogens (tertiary/aromatic N) is 2. The second-order valence-electron chi connectivity index (χ2n) is 13.9. The summed E-state index contributed by atoms with van der Waals surface area (Å²) in [5.74, 6) is 3.33. The molecule has 1 spiro atoms. The second kappa shape index (κ2) is 8.54. The lowest BCUT2D eigenvalue weighted by molar-refractivity contribution is -0.129. The van der Waals surface area contributed by atoms with Crippen LogP contribution in [0.2, 0.25) is 0 Å². The first-order chi connectivity index (χ1) is 16.9. The molecule has 202 valence electrons. The molecule has 6 rings (SSSR count). The topological polar surface area (TPSA) is 66.9 Å². The van der Waals surface area contributed by atoms with E-state index >= 15 is 0 Å². The molecule has 1 amide bonds. The highest BCUT2D eigenvalue weighted by molar-refractivity contribution is 7.88. The molecule has 3 aliphatic heterocycles. The van der Waals surface area contributed by atoms with E-state index in [1.807, 2.05) is 11.9 Å². The van der Waals surface area contributed by atoms with Crippen molar-refractivity contribution in [2.45, 2.75) is 103 Å². The van der Waals surface area contributed by atoms with E-state index in [4.69, 9.17) is 4.74 Å². The number of rotatable bonds is 1. The molecule has 3 aliphatic carbocycles. The average molecular weight is 519 g/mol. The lowest BCUT2D eigenvalue weighted by atomic mass is 9.55. The molecule has 6 nitrogen and oxygen atoms in total. The van der Waals surface area contributed by atoms with E-state index in [9.17, 15) is 13.2 Å². The summed E-state index contributed by atoms with van der Waals surface area (Å²) in [5, 5.41) is 0. The molecule has 0 radical (unpaired) electrons. The Morgan fingerprint density at radius 3 is 2.64 bits per heavy atom. The number of allylic oxidation sites excluding steroid dienone is 1. The average Bonchev–Trinajstić information content (AvgIpc) is 3.28. The van der Waals surface area contributed by atoms with E-state index in [2.05, 4.69) is 20.8 Å². The van der Waals surface area contributed by atoms with Crippen LogP contribution in [0.5, 0.6) is 0 Å². The standard InChI is InChI=1S/C29H46N2O4S/c1-18-12-26-25(31(16-18)36(5,33)34)15-29(35-26)11-8-21-22-7-6-20-17-30(4)27(32)9-10-28(20,3)24(22)13-23(21)19(2)14-29/h18,20-22,24-26H,6-17H2,1-5H3/t18-,20+,21-,22-,24-,25-,26+,28-,29-/m0/s1. The van der Waals surface area contributed by atoms with Crippen molar-refractivity contribution in [2.24, 2.45) is 35.0 Å². The number of carbonyl (C=O) groups excluding carboxylic acids is 1. The van der Waals surface area contributed by atoms with Crippen LogP contribution in [-0.4, -0.2) is 67.7 Å². The molecule has 9 atom stereocenters. The zero-order chi connectivity index (χ0) is 25.6. The maximum absolute atomic E-state index is 12.6. The van der Waals surface area contributed by atoms with Crippen LogP contribution in [0.3, 0.4) is 0 Å². The molecule has 0 N–H and O–H groups in total. The second-order valence-corrected chi connectivity index (χ2v) is 15.9. The normalized spacial score (nSPS) is 47.8. The third kappa shape index (κ3) is 3.93. The number of amides is 1. The van der Waals surface area contributed by atoms with Crippen LogP contribution in [0.25, 0.3) is 0 Å². The highest BCUT2D eigenvalue weighted by Gasteiger charge is 2.58. The largest absolute Gasteiger partial charge is 0.370 e. The zero-order valence-corrected chi connectivity index (χ0v) is 23.8. The summed E-state index contributed by atoms with van der Waals surface area (Å²) in [7, 11) is -1.24. The summed E-state index contributed by atoms with van der Waals surface area (Å²) >= 11 is 0. The number of ether oxygens (including phenoxy) is 1. The summed E-state index contributed by atoms with van der Waals surface area (Å²) in [6, 6.07) is -0.00504. The fourth-order valence-corrected chi connectivity index (χ4v) is 11.2. The first-order valence-electron chi connectivity index (χ1n) is 14.5. The summed E-state index contributed by atoms with van der Waals surface area (Å²) in [5.41, 5.74) is 3.26. The van der Waals surface area contributed by atoms with Gasteiger partial charge in [0.2, 0.25) is 15.9 Å². The molecular weight excluding hydrogens is 472 g/mol. The van der Waals surface area contributed by atoms with E-state index in [0.717, 1.165) is 44.6 Å². The van der Waals surface area contributed by atoms with Crippen molar-refractivity contribution in [3.8, 4) is 0 Å². The number of sulfonamides is 1. The Morgan fingerprint density at radius 2 is 1.89 bits per heavy atom. The minimum absolute atomic E-state index is 0.00504. The number of carbonyl (C=O) groups is 1.